The Morgan fingerprint density at radius 3 is 2.66 bits per heavy atom. The Hall–Kier alpha value is -4.31. The number of carbonyl (C=O) groups excluding carboxylic acids is 1. The van der Waals surface area contributed by atoms with Gasteiger partial charge >= 0.3 is 5.69 Å². The van der Waals surface area contributed by atoms with Crippen molar-refractivity contribution in [3.63, 3.8) is 0 Å². The van der Waals surface area contributed by atoms with Gasteiger partial charge in [0.1, 0.15) is 15.4 Å². The van der Waals surface area contributed by atoms with Crippen molar-refractivity contribution in [2.75, 3.05) is 5.32 Å². The van der Waals surface area contributed by atoms with Crippen molar-refractivity contribution in [1.82, 2.24) is 19.5 Å². The number of halogens is 1. The summed E-state index contributed by atoms with van der Waals surface area (Å²) < 4.78 is 22.2. The molecule has 0 fully saturated rings. The van der Waals surface area contributed by atoms with Crippen LogP contribution in [0.4, 0.5) is 10.1 Å². The highest BCUT2D eigenvalue weighted by Gasteiger charge is 2.18. The van der Waals surface area contributed by atoms with Crippen molar-refractivity contribution < 1.29 is 13.9 Å². The van der Waals surface area contributed by atoms with E-state index in [2.05, 4.69) is 20.3 Å². The molecule has 176 valence electrons. The van der Waals surface area contributed by atoms with Crippen LogP contribution in [0, 0.1) is 5.82 Å². The third kappa shape index (κ3) is 4.43. The quantitative estimate of drug-likeness (QED) is 0.323. The molecule has 0 radical (unpaired) electrons. The highest BCUT2D eigenvalue weighted by atomic mass is 32.1. The summed E-state index contributed by atoms with van der Waals surface area (Å²) in [7, 11) is 0. The van der Waals surface area contributed by atoms with E-state index in [9.17, 15) is 14.0 Å². The number of carbonyl (C=O) groups is 1. The van der Waals surface area contributed by atoms with Gasteiger partial charge in [0.05, 0.1) is 6.20 Å². The molecule has 0 atom stereocenters. The second-order valence-electron chi connectivity index (χ2n) is 8.00. The minimum absolute atomic E-state index is 0.0522. The van der Waals surface area contributed by atoms with E-state index in [0.717, 1.165) is 10.6 Å². The van der Waals surface area contributed by atoms with Crippen LogP contribution < -0.4 is 15.7 Å². The standard InChI is InChI=1S/C25H20FN5O3S/c1-14(2)31-21-19(10-11-27-22(21)30-25(31)33)34-18-9-8-16(12-17(18)26)29-23(32)20-13-28-24(35-20)15-6-4-3-5-7-15/h3-14H,1-2H3,(H,29,32)(H,27,30,33). The number of ether oxygens (including phenoxy) is 1. The van der Waals surface area contributed by atoms with Gasteiger partial charge in [0.15, 0.2) is 23.0 Å². The second-order valence-corrected chi connectivity index (χ2v) is 9.03. The van der Waals surface area contributed by atoms with Gasteiger partial charge in [-0.25, -0.2) is 19.2 Å². The number of hydrogen-bond acceptors (Lipinski definition) is 6. The van der Waals surface area contributed by atoms with Crippen LogP contribution in [-0.2, 0) is 0 Å². The maximum absolute atomic E-state index is 14.9. The third-order valence-electron chi connectivity index (χ3n) is 5.25. The molecule has 35 heavy (non-hydrogen) atoms. The zero-order valence-electron chi connectivity index (χ0n) is 18.8. The minimum Gasteiger partial charge on any atom is -0.452 e. The molecule has 2 aromatic carbocycles. The first-order chi connectivity index (χ1) is 16.9. The number of imidazole rings is 1. The van der Waals surface area contributed by atoms with Crippen LogP contribution >= 0.6 is 11.3 Å². The van der Waals surface area contributed by atoms with Crippen molar-refractivity contribution in [2.45, 2.75) is 19.9 Å². The summed E-state index contributed by atoms with van der Waals surface area (Å²) in [6.07, 6.45) is 2.97. The highest BCUT2D eigenvalue weighted by molar-refractivity contribution is 7.17. The predicted octanol–water partition coefficient (Wildman–Crippen LogP) is 5.61. The Morgan fingerprint density at radius 1 is 1.11 bits per heavy atom. The average molecular weight is 490 g/mol. The van der Waals surface area contributed by atoms with E-state index in [0.29, 0.717) is 16.0 Å². The number of fused-ring (bicyclic) bond motifs is 1. The van der Waals surface area contributed by atoms with E-state index in [4.69, 9.17) is 4.74 Å². The van der Waals surface area contributed by atoms with Gasteiger partial charge in [-0.05, 0) is 26.0 Å². The van der Waals surface area contributed by atoms with Crippen LogP contribution in [0.1, 0.15) is 29.6 Å². The number of rotatable bonds is 6. The maximum Gasteiger partial charge on any atom is 0.328 e. The average Bonchev–Trinajstić information content (AvgIpc) is 3.46. The van der Waals surface area contributed by atoms with Crippen LogP contribution in [0.5, 0.6) is 11.5 Å². The SMILES string of the molecule is CC(C)n1c(=O)[nH]c2nccc(Oc3ccc(NC(=O)c4cnc(-c5ccccc5)s4)cc3F)c21. The summed E-state index contributed by atoms with van der Waals surface area (Å²) in [6.45, 7) is 3.71. The number of amides is 1. The number of anilines is 1. The van der Waals surface area contributed by atoms with E-state index >= 15 is 0 Å². The maximum atomic E-state index is 14.9. The summed E-state index contributed by atoms with van der Waals surface area (Å²) in [5, 5.41) is 3.41. The zero-order valence-corrected chi connectivity index (χ0v) is 19.6. The molecule has 0 aliphatic carbocycles. The lowest BCUT2D eigenvalue weighted by molar-refractivity contribution is 0.103. The largest absolute Gasteiger partial charge is 0.452 e. The Bertz CT molecular complexity index is 1590. The molecule has 5 rings (SSSR count). The fraction of sp³-hybridized carbons (Fsp3) is 0.120. The topological polar surface area (TPSA) is 102 Å². The number of thiazole rings is 1. The number of H-pyrrole nitrogens is 1. The Balaban J connectivity index is 1.36. The van der Waals surface area contributed by atoms with Crippen LogP contribution in [-0.4, -0.2) is 25.4 Å². The molecule has 0 aliphatic heterocycles. The molecule has 10 heteroatoms. The van der Waals surface area contributed by atoms with Gasteiger partial charge in [0.25, 0.3) is 5.91 Å². The summed E-state index contributed by atoms with van der Waals surface area (Å²) in [5.74, 6) is -0.822. The van der Waals surface area contributed by atoms with Crippen molar-refractivity contribution in [3.8, 4) is 22.1 Å². The molecule has 2 N–H and O–H groups in total. The first kappa shape index (κ1) is 22.5. The third-order valence-corrected chi connectivity index (χ3v) is 6.29. The summed E-state index contributed by atoms with van der Waals surface area (Å²) in [5.41, 5.74) is 1.67. The zero-order chi connectivity index (χ0) is 24.5. The smallest absolute Gasteiger partial charge is 0.328 e. The minimum atomic E-state index is -0.670. The molecule has 0 bridgehead atoms. The van der Waals surface area contributed by atoms with E-state index in [1.54, 1.807) is 12.1 Å². The number of benzene rings is 2. The van der Waals surface area contributed by atoms with Crippen molar-refractivity contribution in [1.29, 1.82) is 0 Å². The van der Waals surface area contributed by atoms with E-state index in [1.165, 1.54) is 40.4 Å². The molecule has 0 spiro atoms. The van der Waals surface area contributed by atoms with Crippen molar-refractivity contribution >= 4 is 34.1 Å². The molecule has 0 unspecified atom stereocenters. The number of pyridine rings is 1. The van der Waals surface area contributed by atoms with Crippen LogP contribution in [0.3, 0.4) is 0 Å². The normalized spacial score (nSPS) is 11.2. The van der Waals surface area contributed by atoms with Crippen LogP contribution in [0.15, 0.2) is 71.8 Å². The van der Waals surface area contributed by atoms with Crippen molar-refractivity contribution in [3.05, 3.63) is 88.2 Å². The number of hydrogen-bond donors (Lipinski definition) is 2. The van der Waals surface area contributed by atoms with Gasteiger partial charge in [-0.15, -0.1) is 11.3 Å². The van der Waals surface area contributed by atoms with Crippen molar-refractivity contribution in [2.24, 2.45) is 0 Å². The van der Waals surface area contributed by atoms with Gasteiger partial charge in [-0.2, -0.15) is 0 Å². The molecule has 5 aromatic rings. The lowest BCUT2D eigenvalue weighted by Gasteiger charge is -2.12. The first-order valence-electron chi connectivity index (χ1n) is 10.8. The number of aromatic amines is 1. The summed E-state index contributed by atoms with van der Waals surface area (Å²) >= 11 is 1.25. The van der Waals surface area contributed by atoms with Gasteiger partial charge in [0.2, 0.25) is 0 Å². The van der Waals surface area contributed by atoms with E-state index in [-0.39, 0.29) is 34.8 Å². The van der Waals surface area contributed by atoms with Gasteiger partial charge < -0.3 is 10.1 Å². The number of nitrogens with zero attached hydrogens (tertiary/aromatic N) is 3. The molecular weight excluding hydrogens is 469 g/mol. The lowest BCUT2D eigenvalue weighted by atomic mass is 10.2. The van der Waals surface area contributed by atoms with Gasteiger partial charge in [-0.3, -0.25) is 14.3 Å². The molecule has 0 saturated heterocycles. The Morgan fingerprint density at radius 2 is 1.91 bits per heavy atom. The number of nitrogens with one attached hydrogen (secondary N) is 2. The molecule has 0 saturated carbocycles. The molecule has 0 aliphatic rings. The fourth-order valence-corrected chi connectivity index (χ4v) is 4.48. The van der Waals surface area contributed by atoms with Crippen LogP contribution in [0.2, 0.25) is 0 Å². The number of aromatic nitrogens is 4. The first-order valence-corrected chi connectivity index (χ1v) is 11.6. The van der Waals surface area contributed by atoms with E-state index in [1.807, 2.05) is 44.2 Å². The highest BCUT2D eigenvalue weighted by Crippen LogP contribution is 2.32. The Labute approximate surface area is 203 Å². The van der Waals surface area contributed by atoms with Crippen LogP contribution in [0.25, 0.3) is 21.7 Å². The monoisotopic (exact) mass is 489 g/mol. The molecular formula is C25H20FN5O3S. The summed E-state index contributed by atoms with van der Waals surface area (Å²) in [6, 6.07) is 15.1. The molecule has 8 nitrogen and oxygen atoms in total. The fourth-order valence-electron chi connectivity index (χ4n) is 3.66. The van der Waals surface area contributed by atoms with E-state index < -0.39 is 5.82 Å². The molecule has 3 heterocycles. The summed E-state index contributed by atoms with van der Waals surface area (Å²) in [4.78, 5) is 36.5. The molecule has 3 aromatic heterocycles. The predicted molar refractivity (Wildman–Crippen MR) is 133 cm³/mol. The lowest BCUT2D eigenvalue weighted by Crippen LogP contribution is -2.18. The Kier molecular flexibility index (Phi) is 5.87. The van der Waals surface area contributed by atoms with Gasteiger partial charge in [-0.1, -0.05) is 30.3 Å². The molecule has 1 amide bonds. The second kappa shape index (κ2) is 9.15. The van der Waals surface area contributed by atoms with Gasteiger partial charge in [0, 0.05) is 35.6 Å².